The molecule has 2 aliphatic rings. The molecule has 0 aromatic heterocycles. The molecule has 15 heavy (non-hydrogen) atoms. The smallest absolute Gasteiger partial charge is 0.253 e. The zero-order valence-electron chi connectivity index (χ0n) is 9.53. The number of rotatable bonds is 3. The number of hydrogen-bond donors (Lipinski definition) is 1. The van der Waals surface area contributed by atoms with Crippen molar-refractivity contribution in [1.82, 2.24) is 10.2 Å². The van der Waals surface area contributed by atoms with Crippen LogP contribution in [0.4, 0.5) is 0 Å². The number of nitrogens with one attached hydrogen (secondary N) is 1. The Morgan fingerprint density at radius 3 is 2.80 bits per heavy atom. The van der Waals surface area contributed by atoms with Crippen LogP contribution >= 0.6 is 0 Å². The lowest BCUT2D eigenvalue weighted by Crippen LogP contribution is -2.50. The third kappa shape index (κ3) is 2.49. The van der Waals surface area contributed by atoms with E-state index >= 15 is 0 Å². The third-order valence-electron chi connectivity index (χ3n) is 3.47. The Balaban J connectivity index is 1.87. The summed E-state index contributed by atoms with van der Waals surface area (Å²) in [5.41, 5.74) is 0. The fourth-order valence-corrected chi connectivity index (χ4v) is 2.05. The number of nitrogens with zero attached hydrogens (tertiary/aromatic N) is 1. The van der Waals surface area contributed by atoms with E-state index in [9.17, 15) is 4.79 Å². The average molecular weight is 212 g/mol. The number of carbonyl (C=O) groups is 1. The van der Waals surface area contributed by atoms with E-state index in [1.807, 2.05) is 11.9 Å². The van der Waals surface area contributed by atoms with Crippen LogP contribution in [0.2, 0.25) is 0 Å². The van der Waals surface area contributed by atoms with E-state index in [1.54, 1.807) is 0 Å². The lowest BCUT2D eigenvalue weighted by atomic mass is 10.1. The van der Waals surface area contributed by atoms with Gasteiger partial charge >= 0.3 is 0 Å². The second kappa shape index (κ2) is 4.49. The predicted octanol–water partition coefficient (Wildman–Crippen LogP) is 0.232. The van der Waals surface area contributed by atoms with Crippen molar-refractivity contribution in [2.24, 2.45) is 5.92 Å². The second-order valence-electron chi connectivity index (χ2n) is 4.59. The maximum Gasteiger partial charge on any atom is 0.253 e. The van der Waals surface area contributed by atoms with Crippen LogP contribution in [-0.4, -0.2) is 49.7 Å². The molecule has 2 fully saturated rings. The SMILES string of the molecule is CC(C1CC1)N(C)C(=O)C1CNCCO1. The van der Waals surface area contributed by atoms with Gasteiger partial charge < -0.3 is 15.0 Å². The van der Waals surface area contributed by atoms with Crippen molar-refractivity contribution in [2.45, 2.75) is 31.9 Å². The minimum absolute atomic E-state index is 0.126. The Morgan fingerprint density at radius 2 is 2.27 bits per heavy atom. The van der Waals surface area contributed by atoms with Crippen LogP contribution in [0.1, 0.15) is 19.8 Å². The maximum atomic E-state index is 12.0. The predicted molar refractivity (Wildman–Crippen MR) is 57.6 cm³/mol. The van der Waals surface area contributed by atoms with E-state index in [2.05, 4.69) is 12.2 Å². The molecule has 1 amide bonds. The zero-order valence-corrected chi connectivity index (χ0v) is 9.53. The topological polar surface area (TPSA) is 41.6 Å². The van der Waals surface area contributed by atoms with Crippen molar-refractivity contribution < 1.29 is 9.53 Å². The van der Waals surface area contributed by atoms with Crippen LogP contribution in [0.3, 0.4) is 0 Å². The van der Waals surface area contributed by atoms with Crippen molar-refractivity contribution in [3.05, 3.63) is 0 Å². The first-order valence-electron chi connectivity index (χ1n) is 5.79. The van der Waals surface area contributed by atoms with Gasteiger partial charge in [0.1, 0.15) is 6.10 Å². The highest BCUT2D eigenvalue weighted by Gasteiger charge is 2.35. The van der Waals surface area contributed by atoms with E-state index < -0.39 is 0 Å². The summed E-state index contributed by atoms with van der Waals surface area (Å²) in [5, 5.41) is 3.18. The van der Waals surface area contributed by atoms with E-state index in [0.717, 1.165) is 12.5 Å². The molecule has 4 heteroatoms. The third-order valence-corrected chi connectivity index (χ3v) is 3.47. The van der Waals surface area contributed by atoms with Crippen LogP contribution < -0.4 is 5.32 Å². The molecule has 2 atom stereocenters. The first-order valence-corrected chi connectivity index (χ1v) is 5.79. The van der Waals surface area contributed by atoms with Gasteiger partial charge in [-0.2, -0.15) is 0 Å². The molecule has 0 aromatic rings. The fourth-order valence-electron chi connectivity index (χ4n) is 2.05. The molecule has 0 radical (unpaired) electrons. The average Bonchev–Trinajstić information content (AvgIpc) is 3.11. The number of amides is 1. The normalized spacial score (nSPS) is 28.5. The summed E-state index contributed by atoms with van der Waals surface area (Å²) in [6.07, 6.45) is 2.26. The van der Waals surface area contributed by atoms with Crippen molar-refractivity contribution in [1.29, 1.82) is 0 Å². The van der Waals surface area contributed by atoms with Crippen molar-refractivity contribution in [3.63, 3.8) is 0 Å². The quantitative estimate of drug-likeness (QED) is 0.728. The number of ether oxygens (including phenoxy) is 1. The molecule has 1 N–H and O–H groups in total. The number of carbonyl (C=O) groups excluding carboxylic acids is 1. The monoisotopic (exact) mass is 212 g/mol. The lowest BCUT2D eigenvalue weighted by Gasteiger charge is -2.31. The molecular weight excluding hydrogens is 192 g/mol. The van der Waals surface area contributed by atoms with Crippen molar-refractivity contribution in [2.75, 3.05) is 26.7 Å². The van der Waals surface area contributed by atoms with Crippen LogP contribution in [0.15, 0.2) is 0 Å². The van der Waals surface area contributed by atoms with E-state index in [1.165, 1.54) is 12.8 Å². The van der Waals surface area contributed by atoms with Crippen molar-refractivity contribution in [3.8, 4) is 0 Å². The molecule has 0 spiro atoms. The van der Waals surface area contributed by atoms with Gasteiger partial charge in [0.25, 0.3) is 5.91 Å². The molecule has 0 bridgehead atoms. The molecule has 4 nitrogen and oxygen atoms in total. The first kappa shape index (κ1) is 10.9. The zero-order chi connectivity index (χ0) is 10.8. The molecule has 1 aliphatic carbocycles. The van der Waals surface area contributed by atoms with E-state index in [4.69, 9.17) is 4.74 Å². The molecule has 1 heterocycles. The standard InChI is InChI=1S/C11H20N2O2/c1-8(9-3-4-9)13(2)11(14)10-7-12-5-6-15-10/h8-10,12H,3-7H2,1-2H3. The first-order chi connectivity index (χ1) is 7.20. The Morgan fingerprint density at radius 1 is 1.53 bits per heavy atom. The second-order valence-corrected chi connectivity index (χ2v) is 4.59. The summed E-state index contributed by atoms with van der Waals surface area (Å²) in [5.74, 6) is 0.845. The highest BCUT2D eigenvalue weighted by molar-refractivity contribution is 5.81. The van der Waals surface area contributed by atoms with Crippen LogP contribution in [0, 0.1) is 5.92 Å². The highest BCUT2D eigenvalue weighted by atomic mass is 16.5. The number of morpholine rings is 1. The van der Waals surface area contributed by atoms with Gasteiger partial charge in [-0.15, -0.1) is 0 Å². The lowest BCUT2D eigenvalue weighted by molar-refractivity contribution is -0.146. The van der Waals surface area contributed by atoms with Crippen LogP contribution in [0.5, 0.6) is 0 Å². The van der Waals surface area contributed by atoms with Crippen LogP contribution in [0.25, 0.3) is 0 Å². The maximum absolute atomic E-state index is 12.0. The Hall–Kier alpha value is -0.610. The van der Waals surface area contributed by atoms with Gasteiger partial charge in [0, 0.05) is 26.2 Å². The van der Waals surface area contributed by atoms with Gasteiger partial charge in [-0.1, -0.05) is 0 Å². The molecule has 1 saturated heterocycles. The number of likely N-dealkylation sites (N-methyl/N-ethyl adjacent to an activating group) is 1. The van der Waals surface area contributed by atoms with E-state index in [0.29, 0.717) is 19.2 Å². The summed E-state index contributed by atoms with van der Waals surface area (Å²) in [6.45, 7) is 4.28. The molecular formula is C11H20N2O2. The largest absolute Gasteiger partial charge is 0.366 e. The Kier molecular flexibility index (Phi) is 3.26. The van der Waals surface area contributed by atoms with Gasteiger partial charge in [-0.05, 0) is 25.7 Å². The molecule has 0 aromatic carbocycles. The Bertz CT molecular complexity index is 235. The molecule has 86 valence electrons. The summed E-state index contributed by atoms with van der Waals surface area (Å²) in [6, 6.07) is 0.364. The summed E-state index contributed by atoms with van der Waals surface area (Å²) >= 11 is 0. The fraction of sp³-hybridized carbons (Fsp3) is 0.909. The van der Waals surface area contributed by atoms with Crippen LogP contribution in [-0.2, 0) is 9.53 Å². The molecule has 2 unspecified atom stereocenters. The summed E-state index contributed by atoms with van der Waals surface area (Å²) in [4.78, 5) is 13.9. The van der Waals surface area contributed by atoms with E-state index in [-0.39, 0.29) is 12.0 Å². The summed E-state index contributed by atoms with van der Waals surface area (Å²) in [7, 11) is 1.89. The minimum atomic E-state index is -0.273. The van der Waals surface area contributed by atoms with Gasteiger partial charge in [-0.25, -0.2) is 0 Å². The molecule has 1 aliphatic heterocycles. The van der Waals surface area contributed by atoms with Crippen molar-refractivity contribution >= 4 is 5.91 Å². The molecule has 2 rings (SSSR count). The highest BCUT2D eigenvalue weighted by Crippen LogP contribution is 2.34. The van der Waals surface area contributed by atoms with Gasteiger partial charge in [0.15, 0.2) is 0 Å². The van der Waals surface area contributed by atoms with Gasteiger partial charge in [0.05, 0.1) is 6.61 Å². The minimum Gasteiger partial charge on any atom is -0.366 e. The number of hydrogen-bond acceptors (Lipinski definition) is 3. The van der Waals surface area contributed by atoms with Gasteiger partial charge in [-0.3, -0.25) is 4.79 Å². The molecule has 1 saturated carbocycles. The van der Waals surface area contributed by atoms with Gasteiger partial charge in [0.2, 0.25) is 0 Å². The summed E-state index contributed by atoms with van der Waals surface area (Å²) < 4.78 is 5.46. The Labute approximate surface area is 91.0 Å².